The molecule has 19 heavy (non-hydrogen) atoms. The van der Waals surface area contributed by atoms with Crippen LogP contribution >= 0.6 is 0 Å². The van der Waals surface area contributed by atoms with Gasteiger partial charge in [0.25, 0.3) is 0 Å². The number of hydrogen-bond donors (Lipinski definition) is 1. The molecule has 1 rings (SSSR count). The molecule has 0 radical (unpaired) electrons. The Kier molecular flexibility index (Phi) is 6.02. The summed E-state index contributed by atoms with van der Waals surface area (Å²) >= 11 is 0. The summed E-state index contributed by atoms with van der Waals surface area (Å²) < 4.78 is 9.65. The Morgan fingerprint density at radius 2 is 1.84 bits per heavy atom. The van der Waals surface area contributed by atoms with E-state index in [2.05, 4.69) is 10.1 Å². The van der Waals surface area contributed by atoms with Crippen LogP contribution in [0.2, 0.25) is 0 Å². The number of esters is 2. The van der Waals surface area contributed by atoms with Crippen molar-refractivity contribution in [2.24, 2.45) is 0 Å². The summed E-state index contributed by atoms with van der Waals surface area (Å²) in [6, 6.07) is 7.83. The van der Waals surface area contributed by atoms with E-state index in [0.29, 0.717) is 0 Å². The minimum absolute atomic E-state index is 0.288. The third-order valence-corrected chi connectivity index (χ3v) is 2.63. The van der Waals surface area contributed by atoms with Crippen molar-refractivity contribution < 1.29 is 19.1 Å². The monoisotopic (exact) mass is 265 g/mol. The summed E-state index contributed by atoms with van der Waals surface area (Å²) in [7, 11) is 1.31. The van der Waals surface area contributed by atoms with Crippen molar-refractivity contribution >= 4 is 11.9 Å². The van der Waals surface area contributed by atoms with Crippen molar-refractivity contribution in [1.29, 1.82) is 0 Å². The third-order valence-electron chi connectivity index (χ3n) is 2.63. The van der Waals surface area contributed by atoms with E-state index in [9.17, 15) is 9.59 Å². The maximum Gasteiger partial charge on any atom is 0.327 e. The summed E-state index contributed by atoms with van der Waals surface area (Å²) in [4.78, 5) is 23.4. The fraction of sp³-hybridized carbons (Fsp3) is 0.429. The quantitative estimate of drug-likeness (QED) is 0.788. The Balaban J connectivity index is 2.87. The van der Waals surface area contributed by atoms with Crippen molar-refractivity contribution in [3.05, 3.63) is 35.9 Å². The number of benzene rings is 1. The fourth-order valence-electron chi connectivity index (χ4n) is 1.67. The van der Waals surface area contributed by atoms with Crippen molar-refractivity contribution in [2.75, 3.05) is 13.7 Å². The molecule has 5 nitrogen and oxygen atoms in total. The van der Waals surface area contributed by atoms with E-state index >= 15 is 0 Å². The third kappa shape index (κ3) is 4.37. The van der Waals surface area contributed by atoms with E-state index in [1.54, 1.807) is 26.0 Å². The van der Waals surface area contributed by atoms with E-state index in [1.165, 1.54) is 7.11 Å². The van der Waals surface area contributed by atoms with Gasteiger partial charge in [-0.2, -0.15) is 0 Å². The number of carbonyl (C=O) groups excluding carboxylic acids is 2. The number of carbonyl (C=O) groups is 2. The molecule has 0 aliphatic heterocycles. The van der Waals surface area contributed by atoms with Gasteiger partial charge in [0.05, 0.1) is 13.7 Å². The van der Waals surface area contributed by atoms with Gasteiger partial charge in [-0.05, 0) is 19.4 Å². The highest BCUT2D eigenvalue weighted by Crippen LogP contribution is 2.15. The first kappa shape index (κ1) is 15.2. The lowest BCUT2D eigenvalue weighted by Gasteiger charge is -2.20. The molecule has 0 aliphatic rings. The van der Waals surface area contributed by atoms with E-state index in [0.717, 1.165) is 5.56 Å². The van der Waals surface area contributed by atoms with Crippen LogP contribution in [0.5, 0.6) is 0 Å². The van der Waals surface area contributed by atoms with Gasteiger partial charge >= 0.3 is 11.9 Å². The molecule has 0 aromatic heterocycles. The molecule has 0 aliphatic carbocycles. The first-order chi connectivity index (χ1) is 9.10. The summed E-state index contributed by atoms with van der Waals surface area (Å²) in [5.41, 5.74) is 0.747. The number of nitrogens with one attached hydrogen (secondary N) is 1. The van der Waals surface area contributed by atoms with Gasteiger partial charge < -0.3 is 9.47 Å². The fourth-order valence-corrected chi connectivity index (χ4v) is 1.67. The zero-order chi connectivity index (χ0) is 14.3. The average Bonchev–Trinajstić information content (AvgIpc) is 2.44. The first-order valence-electron chi connectivity index (χ1n) is 6.15. The van der Waals surface area contributed by atoms with Gasteiger partial charge in [0.2, 0.25) is 0 Å². The average molecular weight is 265 g/mol. The van der Waals surface area contributed by atoms with Crippen LogP contribution in [-0.2, 0) is 19.1 Å². The van der Waals surface area contributed by atoms with Gasteiger partial charge in [-0.1, -0.05) is 30.3 Å². The molecular weight excluding hydrogens is 246 g/mol. The highest BCUT2D eigenvalue weighted by molar-refractivity contribution is 5.80. The molecular formula is C14H19NO4. The van der Waals surface area contributed by atoms with Crippen LogP contribution in [0.25, 0.3) is 0 Å². The Morgan fingerprint density at radius 3 is 2.37 bits per heavy atom. The molecule has 2 unspecified atom stereocenters. The standard InChI is InChI=1S/C14H19NO4/c1-4-19-14(17)12(11-8-6-5-7-9-11)15-10(2)13(16)18-3/h5-10,12,15H,4H2,1-3H3. The van der Waals surface area contributed by atoms with Crippen molar-refractivity contribution in [2.45, 2.75) is 25.9 Å². The van der Waals surface area contributed by atoms with E-state index < -0.39 is 24.0 Å². The molecule has 0 heterocycles. The van der Waals surface area contributed by atoms with Gasteiger partial charge in [0.15, 0.2) is 0 Å². The largest absolute Gasteiger partial charge is 0.468 e. The Bertz CT molecular complexity index is 419. The van der Waals surface area contributed by atoms with Crippen molar-refractivity contribution in [1.82, 2.24) is 5.32 Å². The zero-order valence-corrected chi connectivity index (χ0v) is 11.4. The topological polar surface area (TPSA) is 64.6 Å². The summed E-state index contributed by atoms with van der Waals surface area (Å²) in [6.45, 7) is 3.67. The van der Waals surface area contributed by atoms with Crippen LogP contribution < -0.4 is 5.32 Å². The maximum absolute atomic E-state index is 12.0. The number of ether oxygens (including phenoxy) is 2. The normalized spacial score (nSPS) is 13.4. The van der Waals surface area contributed by atoms with Crippen LogP contribution in [0.1, 0.15) is 25.5 Å². The molecule has 0 spiro atoms. The van der Waals surface area contributed by atoms with E-state index in [1.807, 2.05) is 18.2 Å². The zero-order valence-electron chi connectivity index (χ0n) is 11.4. The molecule has 1 aromatic carbocycles. The molecule has 1 N–H and O–H groups in total. The molecule has 0 fully saturated rings. The predicted octanol–water partition coefficient (Wildman–Crippen LogP) is 1.44. The van der Waals surface area contributed by atoms with Gasteiger partial charge in [-0.3, -0.25) is 10.1 Å². The number of rotatable bonds is 6. The Morgan fingerprint density at radius 1 is 1.21 bits per heavy atom. The van der Waals surface area contributed by atoms with Gasteiger partial charge in [0, 0.05) is 0 Å². The van der Waals surface area contributed by atoms with Crippen LogP contribution in [0.15, 0.2) is 30.3 Å². The summed E-state index contributed by atoms with van der Waals surface area (Å²) in [5, 5.41) is 2.92. The van der Waals surface area contributed by atoms with Gasteiger partial charge in [-0.15, -0.1) is 0 Å². The van der Waals surface area contributed by atoms with Gasteiger partial charge in [0.1, 0.15) is 12.1 Å². The molecule has 2 atom stereocenters. The lowest BCUT2D eigenvalue weighted by molar-refractivity contribution is -0.147. The Hall–Kier alpha value is -1.88. The highest BCUT2D eigenvalue weighted by atomic mass is 16.5. The maximum atomic E-state index is 12.0. The molecule has 0 saturated heterocycles. The molecule has 104 valence electrons. The highest BCUT2D eigenvalue weighted by Gasteiger charge is 2.26. The van der Waals surface area contributed by atoms with Crippen LogP contribution in [0.3, 0.4) is 0 Å². The van der Waals surface area contributed by atoms with Crippen LogP contribution in [-0.4, -0.2) is 31.7 Å². The van der Waals surface area contributed by atoms with Gasteiger partial charge in [-0.25, -0.2) is 4.79 Å². The Labute approximate surface area is 112 Å². The first-order valence-corrected chi connectivity index (χ1v) is 6.15. The SMILES string of the molecule is CCOC(=O)C(NC(C)C(=O)OC)c1ccccc1. The molecule has 0 saturated carbocycles. The number of methoxy groups -OCH3 is 1. The lowest BCUT2D eigenvalue weighted by atomic mass is 10.1. The van der Waals surface area contributed by atoms with Crippen molar-refractivity contribution in [3.63, 3.8) is 0 Å². The van der Waals surface area contributed by atoms with Crippen LogP contribution in [0, 0.1) is 0 Å². The molecule has 0 bridgehead atoms. The second-order valence-corrected chi connectivity index (χ2v) is 4.01. The molecule has 1 aromatic rings. The van der Waals surface area contributed by atoms with Crippen molar-refractivity contribution in [3.8, 4) is 0 Å². The second-order valence-electron chi connectivity index (χ2n) is 4.01. The predicted molar refractivity (Wildman–Crippen MR) is 70.4 cm³/mol. The minimum Gasteiger partial charge on any atom is -0.468 e. The smallest absolute Gasteiger partial charge is 0.327 e. The summed E-state index contributed by atoms with van der Waals surface area (Å²) in [5.74, 6) is -0.838. The van der Waals surface area contributed by atoms with E-state index in [-0.39, 0.29) is 6.61 Å². The van der Waals surface area contributed by atoms with Crippen LogP contribution in [0.4, 0.5) is 0 Å². The number of hydrogen-bond acceptors (Lipinski definition) is 5. The molecule has 5 heteroatoms. The minimum atomic E-state index is -0.685. The second kappa shape index (κ2) is 7.53. The van der Waals surface area contributed by atoms with E-state index in [4.69, 9.17) is 4.74 Å². The molecule has 0 amide bonds. The summed E-state index contributed by atoms with van der Waals surface area (Å²) in [6.07, 6.45) is 0. The lowest BCUT2D eigenvalue weighted by Crippen LogP contribution is -2.41.